The van der Waals surface area contributed by atoms with Crippen LogP contribution < -0.4 is 10.2 Å². The lowest BCUT2D eigenvalue weighted by Crippen LogP contribution is -2.44. The molecule has 0 unspecified atom stereocenters. The van der Waals surface area contributed by atoms with Gasteiger partial charge >= 0.3 is 6.03 Å². The summed E-state index contributed by atoms with van der Waals surface area (Å²) < 4.78 is 0. The molecule has 1 saturated carbocycles. The number of nitrogens with one attached hydrogen (secondary N) is 2. The number of aromatic nitrogens is 1. The number of nitrogens with zero attached hydrogens (tertiary/aromatic N) is 2. The van der Waals surface area contributed by atoms with Gasteiger partial charge in [0.1, 0.15) is 12.1 Å². The Kier molecular flexibility index (Phi) is 5.95. The van der Waals surface area contributed by atoms with Crippen molar-refractivity contribution < 1.29 is 14.4 Å². The molecule has 1 aliphatic carbocycles. The third-order valence-electron chi connectivity index (χ3n) is 8.77. The first-order valence-electron chi connectivity index (χ1n) is 14.2. The van der Waals surface area contributed by atoms with Crippen LogP contribution in [0.2, 0.25) is 0 Å². The Labute approximate surface area is 233 Å². The number of anilines is 1. The summed E-state index contributed by atoms with van der Waals surface area (Å²) >= 11 is 0. The second-order valence-corrected chi connectivity index (χ2v) is 11.3. The average molecular weight is 533 g/mol. The first-order chi connectivity index (χ1) is 19.5. The standard InChI is InChI=1S/C33H32N4O3/c1-20-15-17-21(18-16-20)30-29-25(23-11-5-7-13-26(23)35-29)19-28-32(39)37(33(40)36(28)30)27-14-8-6-12-24(27)31(38)34-22-9-3-2-4-10-22/h5-8,11-18,22,28,30,35H,2-4,9-10,19H2,1H3,(H,34,38)/t28-,30-/m0/s1. The van der Waals surface area contributed by atoms with Gasteiger partial charge in [0.2, 0.25) is 0 Å². The van der Waals surface area contributed by atoms with Crippen molar-refractivity contribution in [3.05, 3.63) is 101 Å². The predicted molar refractivity (Wildman–Crippen MR) is 154 cm³/mol. The number of benzene rings is 3. The van der Waals surface area contributed by atoms with E-state index in [1.807, 2.05) is 49.4 Å². The molecule has 1 saturated heterocycles. The number of aromatic amines is 1. The number of rotatable bonds is 4. The van der Waals surface area contributed by atoms with Crippen LogP contribution in [0.25, 0.3) is 10.9 Å². The Hall–Kier alpha value is -4.39. The van der Waals surface area contributed by atoms with Crippen LogP contribution in [0.1, 0.15) is 70.9 Å². The van der Waals surface area contributed by atoms with Gasteiger partial charge in [0.15, 0.2) is 0 Å². The molecule has 3 aliphatic rings. The minimum Gasteiger partial charge on any atom is -0.356 e. The van der Waals surface area contributed by atoms with Gasteiger partial charge in [-0.2, -0.15) is 0 Å². The third kappa shape index (κ3) is 3.91. The molecule has 0 spiro atoms. The van der Waals surface area contributed by atoms with Crippen LogP contribution in [-0.4, -0.2) is 39.8 Å². The van der Waals surface area contributed by atoms with Gasteiger partial charge in [0, 0.05) is 29.1 Å². The number of aryl methyl sites for hydroxylation is 1. The van der Waals surface area contributed by atoms with Crippen molar-refractivity contribution in [2.45, 2.75) is 63.6 Å². The lowest BCUT2D eigenvalue weighted by atomic mass is 9.88. The fraction of sp³-hybridized carbons (Fsp3) is 0.303. The molecule has 7 nitrogen and oxygen atoms in total. The highest BCUT2D eigenvalue weighted by Crippen LogP contribution is 2.45. The Morgan fingerprint density at radius 1 is 0.900 bits per heavy atom. The highest BCUT2D eigenvalue weighted by molar-refractivity contribution is 6.24. The number of para-hydroxylation sites is 2. The summed E-state index contributed by atoms with van der Waals surface area (Å²) in [6, 6.07) is 21.8. The van der Waals surface area contributed by atoms with Gasteiger partial charge in [-0.05, 0) is 49.1 Å². The number of imide groups is 1. The molecule has 2 atom stereocenters. The smallest absolute Gasteiger partial charge is 0.332 e. The highest BCUT2D eigenvalue weighted by Gasteiger charge is 2.53. The molecular formula is C33H32N4O3. The lowest BCUT2D eigenvalue weighted by molar-refractivity contribution is -0.120. The van der Waals surface area contributed by atoms with E-state index in [9.17, 15) is 14.4 Å². The van der Waals surface area contributed by atoms with Crippen LogP contribution in [0.4, 0.5) is 10.5 Å². The van der Waals surface area contributed by atoms with Gasteiger partial charge in [-0.25, -0.2) is 9.69 Å². The summed E-state index contributed by atoms with van der Waals surface area (Å²) in [5, 5.41) is 4.22. The largest absolute Gasteiger partial charge is 0.356 e. The van der Waals surface area contributed by atoms with Crippen molar-refractivity contribution in [2.75, 3.05) is 4.90 Å². The molecule has 2 fully saturated rings. The molecule has 3 heterocycles. The molecule has 40 heavy (non-hydrogen) atoms. The number of urea groups is 1. The molecule has 0 radical (unpaired) electrons. The number of hydrogen-bond acceptors (Lipinski definition) is 3. The summed E-state index contributed by atoms with van der Waals surface area (Å²) in [5.41, 5.74) is 5.75. The molecule has 2 aliphatic heterocycles. The predicted octanol–water partition coefficient (Wildman–Crippen LogP) is 6.02. The summed E-state index contributed by atoms with van der Waals surface area (Å²) in [5.74, 6) is -0.532. The molecule has 3 aromatic carbocycles. The third-order valence-corrected chi connectivity index (χ3v) is 8.77. The molecule has 1 aromatic heterocycles. The van der Waals surface area contributed by atoms with Crippen LogP contribution in [0.15, 0.2) is 72.8 Å². The SMILES string of the molecule is Cc1ccc([C@H]2c3[nH]c4ccccc4c3C[C@H]3C(=O)N(c4ccccc4C(=O)NC4CCCCC4)C(=O)N23)cc1. The summed E-state index contributed by atoms with van der Waals surface area (Å²) in [6.07, 6.45) is 5.71. The van der Waals surface area contributed by atoms with Gasteiger partial charge in [0.25, 0.3) is 11.8 Å². The number of amides is 4. The van der Waals surface area contributed by atoms with E-state index in [2.05, 4.69) is 16.4 Å². The van der Waals surface area contributed by atoms with Crippen LogP contribution in [-0.2, 0) is 11.2 Å². The van der Waals surface area contributed by atoms with Crippen LogP contribution >= 0.6 is 0 Å². The molecule has 0 bridgehead atoms. The average Bonchev–Trinajstić information content (AvgIpc) is 3.47. The first kappa shape index (κ1) is 24.6. The van der Waals surface area contributed by atoms with Crippen molar-refractivity contribution in [3.8, 4) is 0 Å². The minimum absolute atomic E-state index is 0.120. The quantitative estimate of drug-likeness (QED) is 0.315. The van der Waals surface area contributed by atoms with E-state index in [4.69, 9.17) is 0 Å². The molecule has 7 heteroatoms. The molecule has 4 aromatic rings. The van der Waals surface area contributed by atoms with Crippen molar-refractivity contribution in [1.82, 2.24) is 15.2 Å². The summed E-state index contributed by atoms with van der Waals surface area (Å²) in [4.78, 5) is 48.4. The molecule has 202 valence electrons. The second kappa shape index (κ2) is 9.66. The summed E-state index contributed by atoms with van der Waals surface area (Å²) in [7, 11) is 0. The Morgan fingerprint density at radius 3 is 2.42 bits per heavy atom. The van der Waals surface area contributed by atoms with Gasteiger partial charge in [-0.1, -0.05) is 79.4 Å². The number of carbonyl (C=O) groups excluding carboxylic acids is 3. The Balaban J connectivity index is 1.30. The molecule has 4 amide bonds. The zero-order valence-electron chi connectivity index (χ0n) is 22.5. The summed E-state index contributed by atoms with van der Waals surface area (Å²) in [6.45, 7) is 2.03. The maximum Gasteiger partial charge on any atom is 0.332 e. The van der Waals surface area contributed by atoms with Crippen molar-refractivity contribution in [3.63, 3.8) is 0 Å². The topological polar surface area (TPSA) is 85.5 Å². The van der Waals surface area contributed by atoms with Crippen LogP contribution in [0.5, 0.6) is 0 Å². The van der Waals surface area contributed by atoms with E-state index < -0.39 is 18.1 Å². The van der Waals surface area contributed by atoms with Gasteiger partial charge in [-0.3, -0.25) is 14.5 Å². The van der Waals surface area contributed by atoms with Crippen molar-refractivity contribution in [1.29, 1.82) is 0 Å². The van der Waals surface area contributed by atoms with E-state index in [0.29, 0.717) is 17.7 Å². The van der Waals surface area contributed by atoms with E-state index in [0.717, 1.165) is 59.0 Å². The van der Waals surface area contributed by atoms with E-state index in [1.54, 1.807) is 29.2 Å². The number of carbonyl (C=O) groups is 3. The second-order valence-electron chi connectivity index (χ2n) is 11.3. The van der Waals surface area contributed by atoms with Gasteiger partial charge in [0.05, 0.1) is 11.3 Å². The van der Waals surface area contributed by atoms with Crippen molar-refractivity contribution in [2.24, 2.45) is 0 Å². The molecule has 7 rings (SSSR count). The zero-order chi connectivity index (χ0) is 27.4. The first-order valence-corrected chi connectivity index (χ1v) is 14.2. The van der Waals surface area contributed by atoms with Crippen LogP contribution in [0.3, 0.4) is 0 Å². The van der Waals surface area contributed by atoms with E-state index in [1.165, 1.54) is 11.3 Å². The van der Waals surface area contributed by atoms with E-state index in [-0.39, 0.29) is 17.9 Å². The molecule has 2 N–H and O–H groups in total. The van der Waals surface area contributed by atoms with Gasteiger partial charge < -0.3 is 10.3 Å². The fourth-order valence-electron chi connectivity index (χ4n) is 6.76. The van der Waals surface area contributed by atoms with Gasteiger partial charge in [-0.15, -0.1) is 0 Å². The minimum atomic E-state index is -0.667. The van der Waals surface area contributed by atoms with Crippen LogP contribution in [0, 0.1) is 6.92 Å². The van der Waals surface area contributed by atoms with Crippen molar-refractivity contribution >= 4 is 34.4 Å². The highest BCUT2D eigenvalue weighted by atomic mass is 16.2. The monoisotopic (exact) mass is 532 g/mol. The number of hydrogen-bond donors (Lipinski definition) is 2. The number of H-pyrrole nitrogens is 1. The Morgan fingerprint density at radius 2 is 1.62 bits per heavy atom. The fourth-order valence-corrected chi connectivity index (χ4v) is 6.76. The maximum absolute atomic E-state index is 14.3. The zero-order valence-corrected chi connectivity index (χ0v) is 22.5. The lowest BCUT2D eigenvalue weighted by Gasteiger charge is -2.36. The van der Waals surface area contributed by atoms with E-state index >= 15 is 0 Å². The maximum atomic E-state index is 14.3. The molecular weight excluding hydrogens is 500 g/mol. The Bertz CT molecular complexity index is 1630. The number of fused-ring (bicyclic) bond motifs is 4. The normalized spacial score (nSPS) is 21.0.